The third-order valence-corrected chi connectivity index (χ3v) is 5.50. The van der Waals surface area contributed by atoms with E-state index in [1.54, 1.807) is 6.07 Å². The second kappa shape index (κ2) is 8.71. The van der Waals surface area contributed by atoms with Gasteiger partial charge in [-0.05, 0) is 37.1 Å². The zero-order valence-corrected chi connectivity index (χ0v) is 17.4. The van der Waals surface area contributed by atoms with Crippen molar-refractivity contribution in [2.75, 3.05) is 26.3 Å². The van der Waals surface area contributed by atoms with E-state index < -0.39 is 0 Å². The monoisotopic (exact) mass is 409 g/mol. The maximum absolute atomic E-state index is 12.7. The minimum absolute atomic E-state index is 0.00419. The van der Waals surface area contributed by atoms with Crippen LogP contribution in [0, 0.1) is 13.8 Å². The van der Waals surface area contributed by atoms with E-state index in [4.69, 9.17) is 9.47 Å². The van der Waals surface area contributed by atoms with Gasteiger partial charge in [-0.1, -0.05) is 35.9 Å². The van der Waals surface area contributed by atoms with E-state index in [9.17, 15) is 4.79 Å². The summed E-state index contributed by atoms with van der Waals surface area (Å²) in [4.78, 5) is 19.0. The Morgan fingerprint density at radius 3 is 2.66 bits per heavy atom. The smallest absolute Gasteiger partial charge is 0.298 e. The van der Waals surface area contributed by atoms with Gasteiger partial charge in [0, 0.05) is 36.6 Å². The van der Waals surface area contributed by atoms with Crippen LogP contribution in [0.1, 0.15) is 32.9 Å². The van der Waals surface area contributed by atoms with E-state index in [2.05, 4.69) is 40.5 Å². The van der Waals surface area contributed by atoms with Crippen molar-refractivity contribution < 1.29 is 14.3 Å². The number of benzene rings is 2. The van der Waals surface area contributed by atoms with Gasteiger partial charge in [0.2, 0.25) is 0 Å². The molecule has 0 atom stereocenters. The molecule has 1 aromatic heterocycles. The van der Waals surface area contributed by atoms with Crippen molar-refractivity contribution in [3.05, 3.63) is 70.5 Å². The van der Waals surface area contributed by atoms with Crippen LogP contribution in [0.15, 0.2) is 42.5 Å². The summed E-state index contributed by atoms with van der Waals surface area (Å²) < 4.78 is 15.7. The molecule has 1 amide bonds. The number of nitrogens with zero attached hydrogens (tertiary/aromatic N) is 3. The fourth-order valence-electron chi connectivity index (χ4n) is 3.13. The first kappa shape index (κ1) is 19.5. The lowest BCUT2D eigenvalue weighted by Crippen LogP contribution is -2.40. The summed E-state index contributed by atoms with van der Waals surface area (Å²) in [5.74, 6) is 1.35. The van der Waals surface area contributed by atoms with Crippen LogP contribution in [0.3, 0.4) is 0 Å². The molecule has 1 aliphatic rings. The van der Waals surface area contributed by atoms with Crippen LogP contribution in [-0.2, 0) is 11.2 Å². The number of hydrogen-bond acceptors (Lipinski definition) is 6. The molecule has 0 unspecified atom stereocenters. The Morgan fingerprint density at radius 1 is 1.14 bits per heavy atom. The molecule has 3 aromatic rings. The van der Waals surface area contributed by atoms with Gasteiger partial charge in [-0.3, -0.25) is 4.79 Å². The van der Waals surface area contributed by atoms with E-state index in [1.807, 2.05) is 24.0 Å². The van der Waals surface area contributed by atoms with Crippen LogP contribution in [0.5, 0.6) is 10.9 Å². The van der Waals surface area contributed by atoms with Crippen LogP contribution >= 0.6 is 11.5 Å². The second-order valence-electron chi connectivity index (χ2n) is 7.13. The summed E-state index contributed by atoms with van der Waals surface area (Å²) in [6.07, 6.45) is 0.661. The number of aromatic nitrogens is 2. The molecule has 0 aliphatic carbocycles. The summed E-state index contributed by atoms with van der Waals surface area (Å²) in [5.41, 5.74) is 3.94. The summed E-state index contributed by atoms with van der Waals surface area (Å²) in [6, 6.07) is 13.9. The van der Waals surface area contributed by atoms with Crippen LogP contribution in [0.25, 0.3) is 0 Å². The van der Waals surface area contributed by atoms with E-state index >= 15 is 0 Å². The summed E-state index contributed by atoms with van der Waals surface area (Å²) in [5, 5.41) is 0.478. The quantitative estimate of drug-likeness (QED) is 0.637. The average molecular weight is 410 g/mol. The lowest BCUT2D eigenvalue weighted by molar-refractivity contribution is 0.0302. The molecule has 0 N–H and O–H groups in total. The lowest BCUT2D eigenvalue weighted by atomic mass is 10.1. The molecule has 6 nitrogen and oxygen atoms in total. The Morgan fingerprint density at radius 2 is 1.90 bits per heavy atom. The molecule has 1 saturated heterocycles. The number of ether oxygens (including phenoxy) is 2. The van der Waals surface area contributed by atoms with E-state index in [0.29, 0.717) is 49.2 Å². The SMILES string of the molecule is Cc1ccc(Cc2nsc(Oc3cc(C(=O)N4CCOCC4)ccc3C)n2)cc1. The number of carbonyl (C=O) groups excluding carboxylic acids is 1. The van der Waals surface area contributed by atoms with Crippen molar-refractivity contribution >= 4 is 17.4 Å². The Bertz CT molecular complexity index is 995. The highest BCUT2D eigenvalue weighted by atomic mass is 32.1. The first-order chi connectivity index (χ1) is 14.1. The molecular weight excluding hydrogens is 386 g/mol. The number of hydrogen-bond donors (Lipinski definition) is 0. The van der Waals surface area contributed by atoms with Crippen LogP contribution in [0.4, 0.5) is 0 Å². The predicted molar refractivity (Wildman–Crippen MR) is 112 cm³/mol. The summed E-state index contributed by atoms with van der Waals surface area (Å²) in [6.45, 7) is 6.40. The lowest BCUT2D eigenvalue weighted by Gasteiger charge is -2.27. The molecule has 0 radical (unpaired) electrons. The van der Waals surface area contributed by atoms with Crippen LogP contribution in [-0.4, -0.2) is 46.5 Å². The van der Waals surface area contributed by atoms with Gasteiger partial charge >= 0.3 is 0 Å². The molecule has 29 heavy (non-hydrogen) atoms. The Kier molecular flexibility index (Phi) is 5.87. The topological polar surface area (TPSA) is 64.5 Å². The normalized spacial score (nSPS) is 14.1. The Balaban J connectivity index is 1.47. The standard InChI is InChI=1S/C22H23N3O3S/c1-15-3-6-17(7-4-15)13-20-23-22(29-24-20)28-19-14-18(8-5-16(19)2)21(26)25-9-11-27-12-10-25/h3-8,14H,9-13H2,1-2H3. The van der Waals surface area contributed by atoms with Gasteiger partial charge in [-0.2, -0.15) is 9.36 Å². The third-order valence-electron chi connectivity index (χ3n) is 4.86. The minimum Gasteiger partial charge on any atom is -0.430 e. The zero-order valence-electron chi connectivity index (χ0n) is 16.6. The van der Waals surface area contributed by atoms with E-state index in [-0.39, 0.29) is 5.91 Å². The Labute approximate surface area is 174 Å². The number of aryl methyl sites for hydroxylation is 2. The molecule has 150 valence electrons. The molecule has 1 aliphatic heterocycles. The highest BCUT2D eigenvalue weighted by Gasteiger charge is 2.20. The van der Waals surface area contributed by atoms with Gasteiger partial charge in [-0.25, -0.2) is 0 Å². The number of rotatable bonds is 5. The molecule has 7 heteroatoms. The fourth-order valence-corrected chi connectivity index (χ4v) is 3.69. The van der Waals surface area contributed by atoms with E-state index in [0.717, 1.165) is 17.0 Å². The van der Waals surface area contributed by atoms with Crippen molar-refractivity contribution in [3.63, 3.8) is 0 Å². The molecule has 2 heterocycles. The van der Waals surface area contributed by atoms with Gasteiger partial charge in [0.1, 0.15) is 5.75 Å². The number of amides is 1. The van der Waals surface area contributed by atoms with E-state index in [1.165, 1.54) is 17.1 Å². The van der Waals surface area contributed by atoms with Gasteiger partial charge in [0.15, 0.2) is 5.82 Å². The van der Waals surface area contributed by atoms with Gasteiger partial charge < -0.3 is 14.4 Å². The highest BCUT2D eigenvalue weighted by Crippen LogP contribution is 2.28. The molecular formula is C22H23N3O3S. The zero-order chi connectivity index (χ0) is 20.2. The first-order valence-electron chi connectivity index (χ1n) is 9.62. The van der Waals surface area contributed by atoms with Gasteiger partial charge in [-0.15, -0.1) is 0 Å². The molecule has 1 fully saturated rings. The van der Waals surface area contributed by atoms with Crippen molar-refractivity contribution in [1.29, 1.82) is 0 Å². The maximum atomic E-state index is 12.7. The minimum atomic E-state index is -0.00419. The highest BCUT2D eigenvalue weighted by molar-refractivity contribution is 7.07. The van der Waals surface area contributed by atoms with Crippen molar-refractivity contribution in [2.24, 2.45) is 0 Å². The second-order valence-corrected chi connectivity index (χ2v) is 7.84. The van der Waals surface area contributed by atoms with Crippen molar-refractivity contribution in [2.45, 2.75) is 20.3 Å². The first-order valence-corrected chi connectivity index (χ1v) is 10.4. The van der Waals surface area contributed by atoms with Crippen molar-refractivity contribution in [3.8, 4) is 10.9 Å². The van der Waals surface area contributed by atoms with Gasteiger partial charge in [0.05, 0.1) is 13.2 Å². The van der Waals surface area contributed by atoms with Gasteiger partial charge in [0.25, 0.3) is 11.1 Å². The molecule has 0 bridgehead atoms. The fraction of sp³-hybridized carbons (Fsp3) is 0.318. The largest absolute Gasteiger partial charge is 0.430 e. The maximum Gasteiger partial charge on any atom is 0.298 e. The van der Waals surface area contributed by atoms with Crippen LogP contribution in [0.2, 0.25) is 0 Å². The third kappa shape index (κ3) is 4.81. The Hall–Kier alpha value is -2.77. The average Bonchev–Trinajstić information content (AvgIpc) is 3.18. The van der Waals surface area contributed by atoms with Crippen molar-refractivity contribution in [1.82, 2.24) is 14.3 Å². The number of carbonyl (C=O) groups is 1. The summed E-state index contributed by atoms with van der Waals surface area (Å²) >= 11 is 1.22. The molecule has 4 rings (SSSR count). The van der Waals surface area contributed by atoms with Crippen LogP contribution < -0.4 is 4.74 Å². The predicted octanol–water partition coefficient (Wildman–Crippen LogP) is 4.01. The number of morpholine rings is 1. The summed E-state index contributed by atoms with van der Waals surface area (Å²) in [7, 11) is 0. The molecule has 2 aromatic carbocycles. The molecule has 0 spiro atoms. The molecule has 0 saturated carbocycles.